The highest BCUT2D eigenvalue weighted by molar-refractivity contribution is 8.00. The van der Waals surface area contributed by atoms with E-state index in [1.165, 1.54) is 93.1 Å². The maximum atomic E-state index is 7.57. The predicted molar refractivity (Wildman–Crippen MR) is 316 cm³/mol. The Hall–Kier alpha value is -9.04. The fraction of sp³-hybridized carbons (Fsp3) is 0. The number of rotatable bonds is 5. The Morgan fingerprint density at radius 2 is 0.747 bits per heavy atom. The molecule has 5 nitrogen and oxygen atoms in total. The van der Waals surface area contributed by atoms with Crippen molar-refractivity contribution in [2.45, 2.75) is 9.79 Å². The van der Waals surface area contributed by atoms with Crippen LogP contribution in [-0.4, -0.2) is 20.1 Å². The van der Waals surface area contributed by atoms with E-state index in [0.29, 0.717) is 0 Å². The van der Waals surface area contributed by atoms with Gasteiger partial charge in [-0.25, -0.2) is 0 Å². The second-order valence-electron chi connectivity index (χ2n) is 20.3. The fourth-order valence-electron chi connectivity index (χ4n) is 13.6. The number of nitrogens with zero attached hydrogens (tertiary/aromatic N) is 4. The van der Waals surface area contributed by atoms with Crippen molar-refractivity contribution < 1.29 is 4.74 Å². The van der Waals surface area contributed by atoms with Gasteiger partial charge in [0.2, 0.25) is 6.71 Å². The Morgan fingerprint density at radius 1 is 0.307 bits per heavy atom. The monoisotopic (exact) mass is 970 g/mol. The van der Waals surface area contributed by atoms with Gasteiger partial charge >= 0.3 is 0 Å². The first kappa shape index (κ1) is 41.4. The summed E-state index contributed by atoms with van der Waals surface area (Å²) in [4.78, 5) is 12.4. The van der Waals surface area contributed by atoms with Crippen LogP contribution >= 0.6 is 11.8 Å². The van der Waals surface area contributed by atoms with Crippen LogP contribution in [0.4, 0.5) is 68.2 Å². The highest BCUT2D eigenvalue weighted by atomic mass is 32.2. The van der Waals surface area contributed by atoms with Crippen molar-refractivity contribution in [3.63, 3.8) is 0 Å². The van der Waals surface area contributed by atoms with Crippen molar-refractivity contribution >= 4 is 149 Å². The SMILES string of the molecule is c1ccc(N(c2ccccc2)c2cc3c4c(c2)N(c2ccccc2)c2ccccc2B4c2cc4c(cc2S3)Oc2cc3c5c6c2B4c2ccccc2N6c2ccccc2B5c2ccccc2N3c2ccccc2)cc1. The number of ether oxygens (including phenoxy) is 1. The molecule has 0 saturated heterocycles. The van der Waals surface area contributed by atoms with Crippen LogP contribution in [0, 0.1) is 0 Å². The first-order valence-corrected chi connectivity index (χ1v) is 26.8. The largest absolute Gasteiger partial charge is 0.458 e. The lowest BCUT2D eigenvalue weighted by Gasteiger charge is -2.49. The van der Waals surface area contributed by atoms with Crippen molar-refractivity contribution in [3.8, 4) is 11.5 Å². The quantitative estimate of drug-likeness (QED) is 0.159. The van der Waals surface area contributed by atoms with Gasteiger partial charge in [0.25, 0.3) is 13.4 Å². The highest BCUT2D eigenvalue weighted by Crippen LogP contribution is 2.50. The first-order valence-electron chi connectivity index (χ1n) is 25.9. The maximum absolute atomic E-state index is 7.57. The third-order valence-corrected chi connectivity index (χ3v) is 17.6. The summed E-state index contributed by atoms with van der Waals surface area (Å²) in [5, 5.41) is 0. The third kappa shape index (κ3) is 5.79. The van der Waals surface area contributed by atoms with E-state index in [9.17, 15) is 0 Å². The minimum Gasteiger partial charge on any atom is -0.458 e. The first-order chi connectivity index (χ1) is 37.2. The topological polar surface area (TPSA) is 22.2 Å². The lowest BCUT2D eigenvalue weighted by atomic mass is 9.28. The molecule has 0 saturated carbocycles. The Kier molecular flexibility index (Phi) is 8.69. The molecule has 0 spiro atoms. The van der Waals surface area contributed by atoms with Crippen molar-refractivity contribution in [2.24, 2.45) is 0 Å². The lowest BCUT2D eigenvalue weighted by molar-refractivity contribution is 0.486. The van der Waals surface area contributed by atoms with Crippen molar-refractivity contribution in [2.75, 3.05) is 19.6 Å². The minimum atomic E-state index is -0.0757. The normalized spacial score (nSPS) is 14.0. The van der Waals surface area contributed by atoms with Crippen LogP contribution in [0.25, 0.3) is 0 Å². The molecular formula is C66H41B3N4OS. The Bertz CT molecular complexity index is 4150. The van der Waals surface area contributed by atoms with Gasteiger partial charge in [0.05, 0.1) is 0 Å². The molecule has 11 aromatic rings. The molecule has 6 aliphatic heterocycles. The smallest absolute Gasteiger partial charge is 0.256 e. The average molecular weight is 971 g/mol. The number of anilines is 12. The van der Waals surface area contributed by atoms with Gasteiger partial charge < -0.3 is 24.3 Å². The zero-order chi connectivity index (χ0) is 48.9. The molecule has 0 unspecified atom stereocenters. The van der Waals surface area contributed by atoms with Crippen LogP contribution in [0.1, 0.15) is 0 Å². The molecule has 9 heteroatoms. The van der Waals surface area contributed by atoms with Crippen molar-refractivity contribution in [1.82, 2.24) is 0 Å². The number of benzene rings is 11. The molecule has 0 N–H and O–H groups in total. The molecule has 75 heavy (non-hydrogen) atoms. The van der Waals surface area contributed by atoms with Crippen LogP contribution in [0.5, 0.6) is 11.5 Å². The van der Waals surface area contributed by atoms with E-state index < -0.39 is 0 Å². The molecule has 0 radical (unpaired) electrons. The summed E-state index contributed by atoms with van der Waals surface area (Å²) in [6.45, 7) is -0.0790. The maximum Gasteiger partial charge on any atom is 0.256 e. The molecule has 346 valence electrons. The van der Waals surface area contributed by atoms with Gasteiger partial charge in [-0.3, -0.25) is 0 Å². The van der Waals surface area contributed by atoms with Crippen LogP contribution in [-0.2, 0) is 0 Å². The number of hydrogen-bond donors (Lipinski definition) is 0. The number of fused-ring (bicyclic) bond motifs is 14. The van der Waals surface area contributed by atoms with Gasteiger partial charge in [-0.2, -0.15) is 0 Å². The molecule has 0 bridgehead atoms. The molecule has 0 atom stereocenters. The van der Waals surface area contributed by atoms with Gasteiger partial charge in [-0.15, -0.1) is 0 Å². The van der Waals surface area contributed by atoms with Crippen molar-refractivity contribution in [3.05, 3.63) is 249 Å². The minimum absolute atomic E-state index is 0.0296. The van der Waals surface area contributed by atoms with E-state index in [1.807, 2.05) is 11.8 Å². The molecule has 6 aliphatic rings. The second-order valence-corrected chi connectivity index (χ2v) is 21.4. The molecule has 6 heterocycles. The second kappa shape index (κ2) is 15.7. The van der Waals surface area contributed by atoms with E-state index in [0.717, 1.165) is 45.6 Å². The van der Waals surface area contributed by atoms with E-state index in [1.54, 1.807) is 0 Å². The summed E-state index contributed by atoms with van der Waals surface area (Å²) in [6, 6.07) is 91.8. The van der Waals surface area contributed by atoms with E-state index >= 15 is 0 Å². The predicted octanol–water partition coefficient (Wildman–Crippen LogP) is 10.9. The van der Waals surface area contributed by atoms with Gasteiger partial charge in [0.15, 0.2) is 0 Å². The average Bonchev–Trinajstić information content (AvgIpc) is 3.53. The Labute approximate surface area is 441 Å². The molecule has 11 aromatic carbocycles. The lowest BCUT2D eigenvalue weighted by Crippen LogP contribution is -2.68. The molecule has 0 aromatic heterocycles. The number of para-hydroxylation sites is 8. The van der Waals surface area contributed by atoms with Gasteiger partial charge in [0.1, 0.15) is 11.5 Å². The summed E-state index contributed by atoms with van der Waals surface area (Å²) < 4.78 is 7.57. The molecule has 0 fully saturated rings. The van der Waals surface area contributed by atoms with Crippen molar-refractivity contribution in [1.29, 1.82) is 0 Å². The molecule has 0 aliphatic carbocycles. The third-order valence-electron chi connectivity index (χ3n) is 16.5. The summed E-state index contributed by atoms with van der Waals surface area (Å²) in [6.07, 6.45) is 0. The van der Waals surface area contributed by atoms with E-state index in [2.05, 4.69) is 268 Å². The van der Waals surface area contributed by atoms with Gasteiger partial charge in [-0.05, 0) is 135 Å². The highest BCUT2D eigenvalue weighted by Gasteiger charge is 2.52. The van der Waals surface area contributed by atoms with E-state index in [-0.39, 0.29) is 20.1 Å². The van der Waals surface area contributed by atoms with Gasteiger partial charge in [-0.1, -0.05) is 169 Å². The standard InChI is InChI=1S/C66H41B3N4OS/c1-5-21-42(22-6-1)70(43-23-7-2-8-24-43)46-37-57-63-62(38-46)75-61-41-59-51(39-52(61)69(63)48-30-14-18-34-54(48)71(57)44-25-9-3-10-26-44)68-50-32-16-20-36-56(50)73-55-35-19-15-31-49(55)67-47-29-13-17-33-53(47)72(45-27-11-4-12-28-45)58-40-60(74-59)65(68)66(73)64(58)67/h1-41H. The molecule has 17 rings (SSSR count). The zero-order valence-electron chi connectivity index (χ0n) is 40.5. The molecular weight excluding hydrogens is 929 g/mol. The Morgan fingerprint density at radius 3 is 1.28 bits per heavy atom. The van der Waals surface area contributed by atoms with Crippen LogP contribution in [0.2, 0.25) is 0 Å². The summed E-state index contributed by atoms with van der Waals surface area (Å²) in [5.74, 6) is 1.82. The summed E-state index contributed by atoms with van der Waals surface area (Å²) in [7, 11) is 0. The summed E-state index contributed by atoms with van der Waals surface area (Å²) in [5.41, 5.74) is 25.6. The fourth-order valence-corrected chi connectivity index (χ4v) is 14.8. The van der Waals surface area contributed by atoms with Crippen LogP contribution in [0.3, 0.4) is 0 Å². The van der Waals surface area contributed by atoms with Gasteiger partial charge in [0, 0.05) is 84.1 Å². The Balaban J connectivity index is 0.919. The van der Waals surface area contributed by atoms with E-state index in [4.69, 9.17) is 4.74 Å². The summed E-state index contributed by atoms with van der Waals surface area (Å²) >= 11 is 1.87. The van der Waals surface area contributed by atoms with Crippen LogP contribution in [0.15, 0.2) is 259 Å². The molecule has 0 amide bonds. The van der Waals surface area contributed by atoms with Crippen LogP contribution < -0.4 is 73.5 Å². The number of hydrogen-bond acceptors (Lipinski definition) is 6. The zero-order valence-corrected chi connectivity index (χ0v) is 41.3.